The Balaban J connectivity index is 2.96. The molecule has 22 heavy (non-hydrogen) atoms. The molecule has 0 aliphatic rings. The number of carboxylic acids is 1. The highest BCUT2D eigenvalue weighted by molar-refractivity contribution is 7.89. The number of carboxylic acid groups (broad SMARTS) is 1. The van der Waals surface area contributed by atoms with E-state index in [-0.39, 0.29) is 16.5 Å². The third-order valence-electron chi connectivity index (χ3n) is 3.24. The third kappa shape index (κ3) is 4.05. The first-order chi connectivity index (χ1) is 10.1. The van der Waals surface area contributed by atoms with Crippen LogP contribution in [0.15, 0.2) is 29.2 Å². The van der Waals surface area contributed by atoms with Crippen LogP contribution in [0.25, 0.3) is 0 Å². The van der Waals surface area contributed by atoms with Gasteiger partial charge >= 0.3 is 5.97 Å². The summed E-state index contributed by atoms with van der Waals surface area (Å²) in [6.45, 7) is 4.86. The predicted molar refractivity (Wildman–Crippen MR) is 81.1 cm³/mol. The van der Waals surface area contributed by atoms with Gasteiger partial charge < -0.3 is 10.4 Å². The number of rotatable bonds is 6. The summed E-state index contributed by atoms with van der Waals surface area (Å²) in [7, 11) is -2.13. The van der Waals surface area contributed by atoms with E-state index in [1.807, 2.05) is 0 Å². The number of amides is 1. The van der Waals surface area contributed by atoms with Gasteiger partial charge in [-0.1, -0.05) is 0 Å². The molecule has 2 N–H and O–H groups in total. The molecule has 0 aliphatic heterocycles. The van der Waals surface area contributed by atoms with Gasteiger partial charge in [0.2, 0.25) is 10.0 Å². The zero-order valence-electron chi connectivity index (χ0n) is 12.9. The number of benzene rings is 1. The first kappa shape index (κ1) is 18.1. The third-order valence-corrected chi connectivity index (χ3v) is 5.29. The number of nitrogens with zero attached hydrogens (tertiary/aromatic N) is 1. The van der Waals surface area contributed by atoms with Crippen molar-refractivity contribution in [2.45, 2.75) is 37.8 Å². The number of sulfonamides is 1. The van der Waals surface area contributed by atoms with E-state index in [1.165, 1.54) is 42.5 Å². The maximum atomic E-state index is 12.3. The highest BCUT2D eigenvalue weighted by Gasteiger charge is 2.23. The van der Waals surface area contributed by atoms with Gasteiger partial charge in [0.25, 0.3) is 5.91 Å². The van der Waals surface area contributed by atoms with Crippen LogP contribution in [0.5, 0.6) is 0 Å². The van der Waals surface area contributed by atoms with Crippen LogP contribution in [0, 0.1) is 0 Å². The SMILES string of the molecule is CC(C)N(C)S(=O)(=O)c1ccc(C(=O)N[C@H](C)C(=O)O)cc1. The number of carbonyl (C=O) groups excluding carboxylic acids is 1. The molecule has 0 bridgehead atoms. The summed E-state index contributed by atoms with van der Waals surface area (Å²) in [4.78, 5) is 22.6. The normalized spacial score (nSPS) is 13.2. The molecule has 0 saturated carbocycles. The van der Waals surface area contributed by atoms with Gasteiger partial charge in [0.05, 0.1) is 4.90 Å². The molecule has 0 aliphatic carbocycles. The number of hydrogen-bond donors (Lipinski definition) is 2. The van der Waals surface area contributed by atoms with E-state index in [1.54, 1.807) is 13.8 Å². The molecule has 0 radical (unpaired) electrons. The van der Waals surface area contributed by atoms with E-state index in [9.17, 15) is 18.0 Å². The van der Waals surface area contributed by atoms with E-state index in [4.69, 9.17) is 5.11 Å². The van der Waals surface area contributed by atoms with Crippen LogP contribution in [0.4, 0.5) is 0 Å². The average Bonchev–Trinajstić information content (AvgIpc) is 2.46. The summed E-state index contributed by atoms with van der Waals surface area (Å²) in [5.74, 6) is -1.72. The quantitative estimate of drug-likeness (QED) is 0.808. The molecule has 0 unspecified atom stereocenters. The lowest BCUT2D eigenvalue weighted by Crippen LogP contribution is -2.38. The smallest absolute Gasteiger partial charge is 0.325 e. The fraction of sp³-hybridized carbons (Fsp3) is 0.429. The minimum Gasteiger partial charge on any atom is -0.480 e. The molecule has 0 heterocycles. The molecule has 1 aromatic carbocycles. The van der Waals surface area contributed by atoms with E-state index in [0.717, 1.165) is 0 Å². The first-order valence-corrected chi connectivity index (χ1v) is 8.13. The van der Waals surface area contributed by atoms with Crippen molar-refractivity contribution in [1.29, 1.82) is 0 Å². The Hall–Kier alpha value is -1.93. The molecular formula is C14H20N2O5S. The van der Waals surface area contributed by atoms with Crippen molar-refractivity contribution in [3.8, 4) is 0 Å². The van der Waals surface area contributed by atoms with Gasteiger partial charge in [-0.05, 0) is 45.0 Å². The van der Waals surface area contributed by atoms with E-state index >= 15 is 0 Å². The van der Waals surface area contributed by atoms with E-state index in [2.05, 4.69) is 5.32 Å². The molecule has 122 valence electrons. The zero-order valence-corrected chi connectivity index (χ0v) is 13.7. The van der Waals surface area contributed by atoms with Crippen LogP contribution in [-0.4, -0.2) is 48.8 Å². The Labute approximate surface area is 130 Å². The van der Waals surface area contributed by atoms with Crippen LogP contribution in [0.3, 0.4) is 0 Å². The molecule has 0 saturated heterocycles. The minimum absolute atomic E-state index is 0.0755. The first-order valence-electron chi connectivity index (χ1n) is 6.69. The highest BCUT2D eigenvalue weighted by Crippen LogP contribution is 2.17. The Kier molecular flexibility index (Phi) is 5.67. The van der Waals surface area contributed by atoms with Crippen LogP contribution in [0.1, 0.15) is 31.1 Å². The molecule has 0 aromatic heterocycles. The van der Waals surface area contributed by atoms with Crippen molar-refractivity contribution in [3.63, 3.8) is 0 Å². The molecule has 1 amide bonds. The number of nitrogens with one attached hydrogen (secondary N) is 1. The fourth-order valence-electron chi connectivity index (χ4n) is 1.56. The van der Waals surface area contributed by atoms with Crippen molar-refractivity contribution in [2.24, 2.45) is 0 Å². The van der Waals surface area contributed by atoms with Crippen LogP contribution < -0.4 is 5.32 Å². The average molecular weight is 328 g/mol. The lowest BCUT2D eigenvalue weighted by Gasteiger charge is -2.21. The largest absolute Gasteiger partial charge is 0.480 e. The zero-order chi connectivity index (χ0) is 17.1. The van der Waals surface area contributed by atoms with E-state index in [0.29, 0.717) is 0 Å². The molecule has 0 fully saturated rings. The van der Waals surface area contributed by atoms with Gasteiger partial charge in [-0.25, -0.2) is 8.42 Å². The Morgan fingerprint density at radius 1 is 1.14 bits per heavy atom. The highest BCUT2D eigenvalue weighted by atomic mass is 32.2. The summed E-state index contributed by atoms with van der Waals surface area (Å²) in [5, 5.41) is 11.0. The van der Waals surface area contributed by atoms with Gasteiger partial charge in [-0.2, -0.15) is 4.31 Å². The van der Waals surface area contributed by atoms with Gasteiger partial charge in [0, 0.05) is 18.7 Å². The second-order valence-corrected chi connectivity index (χ2v) is 7.17. The predicted octanol–water partition coefficient (Wildman–Crippen LogP) is 0.918. The number of aliphatic carboxylic acids is 1. The molecule has 1 rings (SSSR count). The molecule has 1 atom stereocenters. The van der Waals surface area contributed by atoms with E-state index < -0.39 is 27.9 Å². The number of carbonyl (C=O) groups is 2. The molecule has 7 nitrogen and oxygen atoms in total. The summed E-state index contributed by atoms with van der Waals surface area (Å²) < 4.78 is 25.8. The fourth-order valence-corrected chi connectivity index (χ4v) is 2.93. The maximum absolute atomic E-state index is 12.3. The maximum Gasteiger partial charge on any atom is 0.325 e. The second kappa shape index (κ2) is 6.89. The lowest BCUT2D eigenvalue weighted by molar-refractivity contribution is -0.138. The summed E-state index contributed by atoms with van der Waals surface area (Å²) in [6, 6.07) is 4.14. The molecule has 0 spiro atoms. The minimum atomic E-state index is -3.61. The summed E-state index contributed by atoms with van der Waals surface area (Å²) in [5.41, 5.74) is 0.194. The molecule has 8 heteroatoms. The summed E-state index contributed by atoms with van der Waals surface area (Å²) in [6.07, 6.45) is 0. The van der Waals surface area contributed by atoms with Crippen LogP contribution in [0.2, 0.25) is 0 Å². The van der Waals surface area contributed by atoms with Crippen LogP contribution >= 0.6 is 0 Å². The Bertz CT molecular complexity index is 652. The Morgan fingerprint density at radius 3 is 2.05 bits per heavy atom. The molecular weight excluding hydrogens is 308 g/mol. The van der Waals surface area contributed by atoms with Crippen molar-refractivity contribution in [1.82, 2.24) is 9.62 Å². The monoisotopic (exact) mass is 328 g/mol. The van der Waals surface area contributed by atoms with Crippen molar-refractivity contribution < 1.29 is 23.1 Å². The standard InChI is InChI=1S/C14H20N2O5S/c1-9(2)16(4)22(20,21)12-7-5-11(6-8-12)13(17)15-10(3)14(18)19/h5-10H,1-4H3,(H,15,17)(H,18,19)/t10-/m1/s1. The Morgan fingerprint density at radius 2 is 1.64 bits per heavy atom. The van der Waals surface area contributed by atoms with Gasteiger partial charge in [0.1, 0.15) is 6.04 Å². The van der Waals surface area contributed by atoms with Crippen molar-refractivity contribution in [3.05, 3.63) is 29.8 Å². The van der Waals surface area contributed by atoms with Crippen molar-refractivity contribution >= 4 is 21.9 Å². The number of hydrogen-bond acceptors (Lipinski definition) is 4. The summed E-state index contributed by atoms with van der Waals surface area (Å²) >= 11 is 0. The van der Waals surface area contributed by atoms with Crippen LogP contribution in [-0.2, 0) is 14.8 Å². The second-order valence-electron chi connectivity index (χ2n) is 5.17. The van der Waals surface area contributed by atoms with Gasteiger partial charge in [-0.15, -0.1) is 0 Å². The van der Waals surface area contributed by atoms with Gasteiger partial charge in [0.15, 0.2) is 0 Å². The molecule has 1 aromatic rings. The van der Waals surface area contributed by atoms with Crippen molar-refractivity contribution in [2.75, 3.05) is 7.05 Å². The topological polar surface area (TPSA) is 104 Å². The lowest BCUT2D eigenvalue weighted by atomic mass is 10.2. The van der Waals surface area contributed by atoms with Gasteiger partial charge in [-0.3, -0.25) is 9.59 Å².